The molecule has 3 heteroatoms. The van der Waals surface area contributed by atoms with E-state index in [1.165, 1.54) is 23.6 Å². The smallest absolute Gasteiger partial charge is 0.302 e. The Balaban J connectivity index is 1.97. The Hall–Kier alpha value is -2.13. The highest BCUT2D eigenvalue weighted by Crippen LogP contribution is 2.22. The molecule has 0 amide bonds. The normalized spacial score (nSPS) is 13.3. The number of hydrogen-bond acceptors (Lipinski definition) is 3. The van der Waals surface area contributed by atoms with Gasteiger partial charge in [0.1, 0.15) is 6.10 Å². The minimum atomic E-state index is -0.219. The zero-order valence-corrected chi connectivity index (χ0v) is 14.6. The average molecular weight is 325 g/mol. The fourth-order valence-electron chi connectivity index (χ4n) is 2.92. The number of rotatable bonds is 8. The summed E-state index contributed by atoms with van der Waals surface area (Å²) < 4.78 is 5.48. The predicted molar refractivity (Wildman–Crippen MR) is 98.6 cm³/mol. The molecule has 2 unspecified atom stereocenters. The fourth-order valence-corrected chi connectivity index (χ4v) is 2.92. The topological polar surface area (TPSA) is 52.3 Å². The summed E-state index contributed by atoms with van der Waals surface area (Å²) in [6.45, 7) is 4.18. The highest BCUT2D eigenvalue weighted by Gasteiger charge is 2.19. The minimum absolute atomic E-state index is 0.0696. The van der Waals surface area contributed by atoms with Crippen LogP contribution in [-0.4, -0.2) is 18.6 Å². The molecule has 2 aromatic rings. The summed E-state index contributed by atoms with van der Waals surface area (Å²) in [5, 5.41) is 0. The van der Waals surface area contributed by atoms with Crippen LogP contribution < -0.4 is 5.73 Å². The second kappa shape index (κ2) is 9.24. The van der Waals surface area contributed by atoms with E-state index < -0.39 is 0 Å². The molecule has 2 aromatic carbocycles. The molecule has 2 rings (SSSR count). The van der Waals surface area contributed by atoms with Crippen LogP contribution in [0, 0.1) is 5.92 Å². The second-order valence-electron chi connectivity index (χ2n) is 6.30. The van der Waals surface area contributed by atoms with E-state index >= 15 is 0 Å². The molecule has 0 heterocycles. The van der Waals surface area contributed by atoms with E-state index in [-0.39, 0.29) is 18.0 Å². The Morgan fingerprint density at radius 2 is 1.62 bits per heavy atom. The lowest BCUT2D eigenvalue weighted by Gasteiger charge is -2.23. The van der Waals surface area contributed by atoms with E-state index in [1.807, 2.05) is 18.2 Å². The molecule has 24 heavy (non-hydrogen) atoms. The summed E-state index contributed by atoms with van der Waals surface area (Å²) in [4.78, 5) is 11.3. The highest BCUT2D eigenvalue weighted by molar-refractivity contribution is 5.66. The zero-order valence-electron chi connectivity index (χ0n) is 14.6. The molecular weight excluding hydrogens is 298 g/mol. The molecule has 0 saturated carbocycles. The minimum Gasteiger partial charge on any atom is -0.462 e. The number of carbonyl (C=O) groups excluding carboxylic acids is 1. The van der Waals surface area contributed by atoms with Crippen molar-refractivity contribution in [2.24, 2.45) is 11.7 Å². The Kier molecular flexibility index (Phi) is 7.01. The molecule has 0 aromatic heterocycles. The first-order valence-electron chi connectivity index (χ1n) is 8.61. The third-order valence-electron chi connectivity index (χ3n) is 4.35. The van der Waals surface area contributed by atoms with Crippen molar-refractivity contribution >= 4 is 5.97 Å². The maximum atomic E-state index is 11.3. The average Bonchev–Trinajstić information content (AvgIpc) is 2.60. The zero-order chi connectivity index (χ0) is 17.4. The highest BCUT2D eigenvalue weighted by atomic mass is 16.5. The van der Waals surface area contributed by atoms with Crippen LogP contribution in [0.15, 0.2) is 54.6 Å². The van der Waals surface area contributed by atoms with Gasteiger partial charge in [0.15, 0.2) is 0 Å². The van der Waals surface area contributed by atoms with Gasteiger partial charge in [0.25, 0.3) is 0 Å². The molecule has 128 valence electrons. The van der Waals surface area contributed by atoms with Crippen LogP contribution in [0.25, 0.3) is 11.1 Å². The number of aryl methyl sites for hydroxylation is 1. The second-order valence-corrected chi connectivity index (χ2v) is 6.30. The first-order valence-corrected chi connectivity index (χ1v) is 8.61. The van der Waals surface area contributed by atoms with E-state index in [1.54, 1.807) is 0 Å². The third kappa shape index (κ3) is 5.50. The van der Waals surface area contributed by atoms with Crippen molar-refractivity contribution in [2.45, 2.75) is 39.2 Å². The van der Waals surface area contributed by atoms with Crippen LogP contribution in [0.3, 0.4) is 0 Å². The van der Waals surface area contributed by atoms with E-state index in [9.17, 15) is 4.79 Å². The number of ether oxygens (including phenoxy) is 1. The predicted octanol–water partition coefficient (Wildman–Crippen LogP) is 4.20. The first kappa shape index (κ1) is 18.2. The van der Waals surface area contributed by atoms with Crippen LogP contribution in [0.2, 0.25) is 0 Å². The van der Waals surface area contributed by atoms with Crippen molar-refractivity contribution in [3.8, 4) is 11.1 Å². The van der Waals surface area contributed by atoms with E-state index in [2.05, 4.69) is 43.3 Å². The van der Waals surface area contributed by atoms with E-state index in [4.69, 9.17) is 10.5 Å². The van der Waals surface area contributed by atoms with Gasteiger partial charge in [0.05, 0.1) is 0 Å². The third-order valence-corrected chi connectivity index (χ3v) is 4.35. The Morgan fingerprint density at radius 3 is 2.21 bits per heavy atom. The molecule has 0 spiro atoms. The van der Waals surface area contributed by atoms with Crippen molar-refractivity contribution in [3.05, 3.63) is 60.2 Å². The summed E-state index contributed by atoms with van der Waals surface area (Å²) in [6.07, 6.45) is 2.51. The van der Waals surface area contributed by atoms with Crippen LogP contribution in [0.5, 0.6) is 0 Å². The summed E-state index contributed by atoms with van der Waals surface area (Å²) in [6, 6.07) is 18.9. The van der Waals surface area contributed by atoms with Crippen LogP contribution in [-0.2, 0) is 16.0 Å². The number of esters is 1. The number of nitrogens with two attached hydrogens (primary N) is 1. The molecule has 0 aliphatic heterocycles. The molecular formula is C21H27NO2. The van der Waals surface area contributed by atoms with Gasteiger partial charge in [0.2, 0.25) is 0 Å². The van der Waals surface area contributed by atoms with Gasteiger partial charge in [-0.25, -0.2) is 0 Å². The summed E-state index contributed by atoms with van der Waals surface area (Å²) >= 11 is 0. The van der Waals surface area contributed by atoms with Crippen molar-refractivity contribution < 1.29 is 9.53 Å². The number of carbonyl (C=O) groups is 1. The van der Waals surface area contributed by atoms with Gasteiger partial charge in [-0.3, -0.25) is 4.79 Å². The lowest BCUT2D eigenvalue weighted by atomic mass is 9.94. The van der Waals surface area contributed by atoms with Crippen LogP contribution in [0.1, 0.15) is 32.3 Å². The van der Waals surface area contributed by atoms with Crippen LogP contribution >= 0.6 is 0 Å². The van der Waals surface area contributed by atoms with Crippen LogP contribution in [0.4, 0.5) is 0 Å². The maximum Gasteiger partial charge on any atom is 0.302 e. The van der Waals surface area contributed by atoms with Gasteiger partial charge in [-0.2, -0.15) is 0 Å². The summed E-state index contributed by atoms with van der Waals surface area (Å²) in [5.41, 5.74) is 9.33. The monoisotopic (exact) mass is 325 g/mol. The molecule has 0 bridgehead atoms. The molecule has 0 saturated heterocycles. The number of benzene rings is 2. The summed E-state index contributed by atoms with van der Waals surface area (Å²) in [7, 11) is 0. The standard InChI is InChI=1S/C21H27NO2/c1-16(14-15-22)21(24-17(2)23)13-10-18-8-11-20(12-9-18)19-6-4-3-5-7-19/h3-9,11-12,16,21H,10,13-15,22H2,1-2H3. The molecule has 0 radical (unpaired) electrons. The van der Waals surface area contributed by atoms with Gasteiger partial charge in [-0.15, -0.1) is 0 Å². The van der Waals surface area contributed by atoms with E-state index in [0.717, 1.165) is 19.3 Å². The molecule has 2 N–H and O–H groups in total. The molecule has 0 fully saturated rings. The SMILES string of the molecule is CC(=O)OC(CCc1ccc(-c2ccccc2)cc1)C(C)CCN. The first-order chi connectivity index (χ1) is 11.6. The Morgan fingerprint density at radius 1 is 1.00 bits per heavy atom. The van der Waals surface area contributed by atoms with Gasteiger partial charge in [-0.05, 0) is 48.4 Å². The van der Waals surface area contributed by atoms with Crippen molar-refractivity contribution in [2.75, 3.05) is 6.54 Å². The van der Waals surface area contributed by atoms with Gasteiger partial charge in [0, 0.05) is 6.92 Å². The quantitative estimate of drug-likeness (QED) is 0.740. The molecule has 2 atom stereocenters. The van der Waals surface area contributed by atoms with Crippen molar-refractivity contribution in [3.63, 3.8) is 0 Å². The van der Waals surface area contributed by atoms with Crippen molar-refractivity contribution in [1.82, 2.24) is 0 Å². The Labute approximate surface area is 144 Å². The molecule has 0 aliphatic rings. The lowest BCUT2D eigenvalue weighted by Crippen LogP contribution is -2.26. The molecule has 0 aliphatic carbocycles. The largest absolute Gasteiger partial charge is 0.462 e. The van der Waals surface area contributed by atoms with Gasteiger partial charge in [-0.1, -0.05) is 61.5 Å². The van der Waals surface area contributed by atoms with Gasteiger partial charge < -0.3 is 10.5 Å². The van der Waals surface area contributed by atoms with Crippen molar-refractivity contribution in [1.29, 1.82) is 0 Å². The summed E-state index contributed by atoms with van der Waals surface area (Å²) in [5.74, 6) is 0.0609. The molecule has 3 nitrogen and oxygen atoms in total. The Bertz CT molecular complexity index is 622. The van der Waals surface area contributed by atoms with Gasteiger partial charge >= 0.3 is 5.97 Å². The van der Waals surface area contributed by atoms with E-state index in [0.29, 0.717) is 6.54 Å². The lowest BCUT2D eigenvalue weighted by molar-refractivity contribution is -0.149. The number of hydrogen-bond donors (Lipinski definition) is 1. The maximum absolute atomic E-state index is 11.3. The fraction of sp³-hybridized carbons (Fsp3) is 0.381.